The lowest BCUT2D eigenvalue weighted by Crippen LogP contribution is -2.39. The van der Waals surface area contributed by atoms with E-state index in [1.54, 1.807) is 7.05 Å². The van der Waals surface area contributed by atoms with E-state index in [-0.39, 0.29) is 43.2 Å². The molecule has 0 aromatic rings. The Morgan fingerprint density at radius 1 is 1.23 bits per heavy atom. The Kier molecular flexibility index (Phi) is 5.80. The first kappa shape index (κ1) is 16.8. The van der Waals surface area contributed by atoms with Crippen LogP contribution in [-0.2, 0) is 14.4 Å². The molecule has 124 valence electrons. The lowest BCUT2D eigenvalue weighted by Gasteiger charge is -2.27. The van der Waals surface area contributed by atoms with Crippen molar-refractivity contribution in [2.24, 2.45) is 5.92 Å². The average Bonchev–Trinajstić information content (AvgIpc) is 2.70. The zero-order valence-corrected chi connectivity index (χ0v) is 13.3. The predicted octanol–water partition coefficient (Wildman–Crippen LogP) is 1.49. The van der Waals surface area contributed by atoms with E-state index in [0.29, 0.717) is 6.54 Å². The van der Waals surface area contributed by atoms with Crippen LogP contribution < -0.4 is 0 Å². The number of amides is 2. The van der Waals surface area contributed by atoms with Gasteiger partial charge in [-0.25, -0.2) is 0 Å². The molecule has 1 heterocycles. The maximum absolute atomic E-state index is 12.4. The molecule has 0 radical (unpaired) electrons. The lowest BCUT2D eigenvalue weighted by atomic mass is 10.1. The first-order valence-electron chi connectivity index (χ1n) is 8.25. The van der Waals surface area contributed by atoms with Crippen LogP contribution >= 0.6 is 0 Å². The summed E-state index contributed by atoms with van der Waals surface area (Å²) in [6, 6.07) is 0.289. The van der Waals surface area contributed by atoms with E-state index in [1.165, 1.54) is 17.7 Å². The molecule has 1 aliphatic heterocycles. The molecule has 22 heavy (non-hydrogen) atoms. The molecule has 2 fully saturated rings. The number of likely N-dealkylation sites (tertiary alicyclic amines) is 1. The molecule has 0 aromatic heterocycles. The topological polar surface area (TPSA) is 77.9 Å². The number of rotatable bonds is 5. The number of aliphatic carboxylic acids is 1. The molecule has 0 bridgehead atoms. The van der Waals surface area contributed by atoms with Gasteiger partial charge in [0.1, 0.15) is 0 Å². The van der Waals surface area contributed by atoms with Crippen LogP contribution in [0, 0.1) is 5.92 Å². The molecule has 1 atom stereocenters. The molecule has 6 heteroatoms. The van der Waals surface area contributed by atoms with Crippen LogP contribution in [0.25, 0.3) is 0 Å². The molecule has 2 aliphatic rings. The van der Waals surface area contributed by atoms with Gasteiger partial charge in [-0.05, 0) is 12.8 Å². The Bertz CT molecular complexity index is 430. The predicted molar refractivity (Wildman–Crippen MR) is 81.2 cm³/mol. The zero-order chi connectivity index (χ0) is 16.1. The molecular weight excluding hydrogens is 284 g/mol. The van der Waals surface area contributed by atoms with Crippen LogP contribution in [0.1, 0.15) is 51.4 Å². The number of carbonyl (C=O) groups is 3. The van der Waals surface area contributed by atoms with Crippen molar-refractivity contribution in [1.82, 2.24) is 9.80 Å². The summed E-state index contributed by atoms with van der Waals surface area (Å²) in [5.74, 6) is -1.25. The molecule has 1 aliphatic carbocycles. The molecule has 0 spiro atoms. The maximum atomic E-state index is 12.4. The normalized spacial score (nSPS) is 23.4. The van der Waals surface area contributed by atoms with E-state index in [4.69, 9.17) is 5.11 Å². The van der Waals surface area contributed by atoms with Crippen LogP contribution in [0.2, 0.25) is 0 Å². The third kappa shape index (κ3) is 4.21. The van der Waals surface area contributed by atoms with Crippen molar-refractivity contribution in [2.75, 3.05) is 20.1 Å². The molecule has 0 aromatic carbocycles. The summed E-state index contributed by atoms with van der Waals surface area (Å²) >= 11 is 0. The van der Waals surface area contributed by atoms with Gasteiger partial charge >= 0.3 is 5.97 Å². The summed E-state index contributed by atoms with van der Waals surface area (Å²) in [5.41, 5.74) is 0. The first-order chi connectivity index (χ1) is 10.5. The minimum atomic E-state index is -0.915. The van der Waals surface area contributed by atoms with Gasteiger partial charge in [-0.15, -0.1) is 0 Å². The fourth-order valence-corrected chi connectivity index (χ4v) is 3.50. The van der Waals surface area contributed by atoms with E-state index in [0.717, 1.165) is 25.7 Å². The van der Waals surface area contributed by atoms with Crippen molar-refractivity contribution >= 4 is 17.8 Å². The second-order valence-corrected chi connectivity index (χ2v) is 6.50. The van der Waals surface area contributed by atoms with Crippen LogP contribution in [-0.4, -0.2) is 58.9 Å². The summed E-state index contributed by atoms with van der Waals surface area (Å²) in [6.45, 7) is 0.696. The summed E-state index contributed by atoms with van der Waals surface area (Å²) in [4.78, 5) is 38.5. The van der Waals surface area contributed by atoms with Gasteiger partial charge in [-0.2, -0.15) is 0 Å². The van der Waals surface area contributed by atoms with Crippen molar-refractivity contribution in [3.63, 3.8) is 0 Å². The van der Waals surface area contributed by atoms with E-state index in [9.17, 15) is 14.4 Å². The number of hydrogen-bond acceptors (Lipinski definition) is 3. The van der Waals surface area contributed by atoms with Gasteiger partial charge in [-0.3, -0.25) is 14.4 Å². The van der Waals surface area contributed by atoms with E-state index >= 15 is 0 Å². The average molecular weight is 310 g/mol. The quantitative estimate of drug-likeness (QED) is 0.780. The lowest BCUT2D eigenvalue weighted by molar-refractivity contribution is -0.139. The second kappa shape index (κ2) is 7.61. The minimum absolute atomic E-state index is 0.0603. The number of carboxylic acids is 1. The molecule has 6 nitrogen and oxygen atoms in total. The van der Waals surface area contributed by atoms with E-state index in [2.05, 4.69) is 0 Å². The number of carbonyl (C=O) groups excluding carboxylic acids is 2. The van der Waals surface area contributed by atoms with Gasteiger partial charge < -0.3 is 14.9 Å². The molecule has 2 amide bonds. The van der Waals surface area contributed by atoms with Crippen molar-refractivity contribution in [1.29, 1.82) is 0 Å². The van der Waals surface area contributed by atoms with Crippen molar-refractivity contribution in [3.8, 4) is 0 Å². The standard InChI is InChI=1S/C16H26N2O4/c1-17(9-8-15(20)21)16(22)12-10-14(19)18(11-12)13-6-4-2-3-5-7-13/h12-13H,2-11H2,1H3,(H,20,21). The number of nitrogens with zero attached hydrogens (tertiary/aromatic N) is 2. The molecular formula is C16H26N2O4. The van der Waals surface area contributed by atoms with Crippen LogP contribution in [0.15, 0.2) is 0 Å². The Balaban J connectivity index is 1.90. The first-order valence-corrected chi connectivity index (χ1v) is 8.25. The zero-order valence-electron chi connectivity index (χ0n) is 13.3. The summed E-state index contributed by atoms with van der Waals surface area (Å²) in [7, 11) is 1.62. The van der Waals surface area contributed by atoms with E-state index < -0.39 is 5.97 Å². The highest BCUT2D eigenvalue weighted by molar-refractivity contribution is 5.89. The Morgan fingerprint density at radius 3 is 2.45 bits per heavy atom. The Hall–Kier alpha value is -1.59. The Morgan fingerprint density at radius 2 is 1.86 bits per heavy atom. The third-order valence-electron chi connectivity index (χ3n) is 4.81. The van der Waals surface area contributed by atoms with Crippen molar-refractivity contribution in [3.05, 3.63) is 0 Å². The van der Waals surface area contributed by atoms with Crippen molar-refractivity contribution in [2.45, 2.75) is 57.4 Å². The van der Waals surface area contributed by atoms with Crippen LogP contribution in [0.3, 0.4) is 0 Å². The largest absolute Gasteiger partial charge is 0.481 e. The monoisotopic (exact) mass is 310 g/mol. The fraction of sp³-hybridized carbons (Fsp3) is 0.812. The van der Waals surface area contributed by atoms with Gasteiger partial charge in [0.2, 0.25) is 11.8 Å². The maximum Gasteiger partial charge on any atom is 0.305 e. The SMILES string of the molecule is CN(CCC(=O)O)C(=O)C1CC(=O)N(C2CCCCCC2)C1. The number of carboxylic acid groups (broad SMARTS) is 1. The van der Waals surface area contributed by atoms with Gasteiger partial charge in [0, 0.05) is 32.6 Å². The number of hydrogen-bond donors (Lipinski definition) is 1. The van der Waals surface area contributed by atoms with E-state index in [1.807, 2.05) is 4.90 Å². The van der Waals surface area contributed by atoms with Crippen LogP contribution in [0.4, 0.5) is 0 Å². The van der Waals surface area contributed by atoms with Gasteiger partial charge in [0.05, 0.1) is 12.3 Å². The highest BCUT2D eigenvalue weighted by atomic mass is 16.4. The summed E-state index contributed by atoms with van der Waals surface area (Å²) in [6.07, 6.45) is 7.08. The van der Waals surface area contributed by atoms with Crippen molar-refractivity contribution < 1.29 is 19.5 Å². The summed E-state index contributed by atoms with van der Waals surface area (Å²) < 4.78 is 0. The second-order valence-electron chi connectivity index (χ2n) is 6.50. The molecule has 1 unspecified atom stereocenters. The van der Waals surface area contributed by atoms with Gasteiger partial charge in [0.15, 0.2) is 0 Å². The van der Waals surface area contributed by atoms with Gasteiger partial charge in [0.25, 0.3) is 0 Å². The van der Waals surface area contributed by atoms with Gasteiger partial charge in [-0.1, -0.05) is 25.7 Å². The molecule has 1 N–H and O–H groups in total. The smallest absolute Gasteiger partial charge is 0.305 e. The highest BCUT2D eigenvalue weighted by Gasteiger charge is 2.38. The minimum Gasteiger partial charge on any atom is -0.481 e. The summed E-state index contributed by atoms with van der Waals surface area (Å²) in [5, 5.41) is 8.69. The molecule has 2 rings (SSSR count). The Labute approximate surface area is 131 Å². The fourth-order valence-electron chi connectivity index (χ4n) is 3.50. The van der Waals surface area contributed by atoms with Crippen LogP contribution in [0.5, 0.6) is 0 Å². The highest BCUT2D eigenvalue weighted by Crippen LogP contribution is 2.28. The molecule has 1 saturated carbocycles. The molecule has 1 saturated heterocycles. The third-order valence-corrected chi connectivity index (χ3v) is 4.81.